The van der Waals surface area contributed by atoms with Crippen molar-refractivity contribution < 1.29 is 9.53 Å². The summed E-state index contributed by atoms with van der Waals surface area (Å²) in [6.07, 6.45) is 2.83. The van der Waals surface area contributed by atoms with Crippen molar-refractivity contribution in [3.05, 3.63) is 29.8 Å². The van der Waals surface area contributed by atoms with Crippen LogP contribution in [0.25, 0.3) is 0 Å². The molecule has 0 N–H and O–H groups in total. The monoisotopic (exact) mass is 196 g/mol. The fraction of sp³-hybridized carbons (Fsp3) is 0.300. The second-order valence-electron chi connectivity index (χ2n) is 2.57. The molecular weight excluding hydrogens is 184 g/mol. The molecule has 0 radical (unpaired) electrons. The number of thioether (sulfide) groups is 1. The van der Waals surface area contributed by atoms with Crippen molar-refractivity contribution in [3.8, 4) is 0 Å². The number of hydrogen-bond donors (Lipinski definition) is 0. The highest BCUT2D eigenvalue weighted by atomic mass is 32.2. The lowest BCUT2D eigenvalue weighted by atomic mass is 10.2. The Hall–Kier alpha value is -0.960. The predicted molar refractivity (Wildman–Crippen MR) is 53.9 cm³/mol. The van der Waals surface area contributed by atoms with E-state index in [9.17, 15) is 4.79 Å². The average molecular weight is 196 g/mol. The summed E-state index contributed by atoms with van der Waals surface area (Å²) in [5.41, 5.74) is 1.20. The highest BCUT2D eigenvalue weighted by Crippen LogP contribution is 2.15. The molecule has 0 bridgehead atoms. The van der Waals surface area contributed by atoms with Gasteiger partial charge in [0.15, 0.2) is 0 Å². The normalized spacial score (nSPS) is 9.62. The Morgan fingerprint density at radius 3 is 3.08 bits per heavy atom. The minimum Gasteiger partial charge on any atom is -0.468 e. The van der Waals surface area contributed by atoms with Crippen molar-refractivity contribution >= 4 is 18.2 Å². The summed E-state index contributed by atoms with van der Waals surface area (Å²) >= 11 is 1.71. The zero-order chi connectivity index (χ0) is 9.52. The van der Waals surface area contributed by atoms with Crippen LogP contribution in [-0.2, 0) is 16.0 Å². The molecule has 1 aromatic rings. The van der Waals surface area contributed by atoms with Crippen molar-refractivity contribution in [2.45, 2.75) is 11.3 Å². The zero-order valence-electron chi connectivity index (χ0n) is 7.53. The highest BCUT2D eigenvalue weighted by molar-refractivity contribution is 7.98. The molecule has 0 fully saturated rings. The molecule has 0 saturated carbocycles. The van der Waals surface area contributed by atoms with Gasteiger partial charge in [0.05, 0.1) is 6.61 Å². The summed E-state index contributed by atoms with van der Waals surface area (Å²) in [5, 5.41) is 0. The molecule has 0 saturated heterocycles. The Kier molecular flexibility index (Phi) is 4.40. The van der Waals surface area contributed by atoms with Crippen molar-refractivity contribution in [1.82, 2.24) is 0 Å². The first kappa shape index (κ1) is 10.1. The molecule has 0 atom stereocenters. The van der Waals surface area contributed by atoms with E-state index in [1.54, 1.807) is 11.8 Å². The van der Waals surface area contributed by atoms with Gasteiger partial charge in [-0.05, 0) is 24.0 Å². The van der Waals surface area contributed by atoms with Gasteiger partial charge in [0, 0.05) is 11.3 Å². The molecule has 0 spiro atoms. The van der Waals surface area contributed by atoms with Crippen LogP contribution in [0.15, 0.2) is 29.2 Å². The second kappa shape index (κ2) is 5.65. The summed E-state index contributed by atoms with van der Waals surface area (Å²) in [6.45, 7) is 0.944. The van der Waals surface area contributed by atoms with Gasteiger partial charge in [-0.3, -0.25) is 4.79 Å². The van der Waals surface area contributed by atoms with E-state index in [4.69, 9.17) is 0 Å². The number of benzene rings is 1. The molecule has 0 aliphatic heterocycles. The topological polar surface area (TPSA) is 26.3 Å². The van der Waals surface area contributed by atoms with Crippen molar-refractivity contribution in [2.75, 3.05) is 12.9 Å². The molecule has 1 rings (SSSR count). The van der Waals surface area contributed by atoms with Gasteiger partial charge in [-0.15, -0.1) is 11.8 Å². The third-order valence-electron chi connectivity index (χ3n) is 1.71. The van der Waals surface area contributed by atoms with Crippen LogP contribution in [0.5, 0.6) is 0 Å². The Labute approximate surface area is 82.3 Å². The molecule has 0 aliphatic carbocycles. The van der Waals surface area contributed by atoms with Gasteiger partial charge in [-0.2, -0.15) is 0 Å². The summed E-state index contributed by atoms with van der Waals surface area (Å²) in [4.78, 5) is 11.1. The standard InChI is InChI=1S/C10H12O2S/c1-13-10-4-2-3-9(7-10)5-6-12-8-11/h2-4,7-8H,5-6H2,1H3. The van der Waals surface area contributed by atoms with Gasteiger partial charge in [0.25, 0.3) is 6.47 Å². The number of ether oxygens (including phenoxy) is 1. The van der Waals surface area contributed by atoms with Crippen LogP contribution >= 0.6 is 11.8 Å². The van der Waals surface area contributed by atoms with Gasteiger partial charge in [0.2, 0.25) is 0 Å². The molecule has 2 nitrogen and oxygen atoms in total. The Bertz CT molecular complexity index is 273. The molecule has 1 aromatic carbocycles. The van der Waals surface area contributed by atoms with Crippen LogP contribution in [0.3, 0.4) is 0 Å². The smallest absolute Gasteiger partial charge is 0.293 e. The lowest BCUT2D eigenvalue weighted by Crippen LogP contribution is -1.96. The van der Waals surface area contributed by atoms with Gasteiger partial charge >= 0.3 is 0 Å². The SMILES string of the molecule is CSc1cccc(CCOC=O)c1. The molecule has 13 heavy (non-hydrogen) atoms. The Morgan fingerprint density at radius 1 is 1.54 bits per heavy atom. The molecule has 70 valence electrons. The molecular formula is C10H12O2S. The zero-order valence-corrected chi connectivity index (χ0v) is 8.34. The maximum Gasteiger partial charge on any atom is 0.293 e. The van der Waals surface area contributed by atoms with Crippen LogP contribution in [0.1, 0.15) is 5.56 Å². The first-order valence-corrected chi connectivity index (χ1v) is 5.27. The summed E-state index contributed by atoms with van der Waals surface area (Å²) in [7, 11) is 0. The Morgan fingerprint density at radius 2 is 2.38 bits per heavy atom. The molecule has 0 aliphatic rings. The van der Waals surface area contributed by atoms with Gasteiger partial charge in [0.1, 0.15) is 0 Å². The van der Waals surface area contributed by atoms with Crippen LogP contribution in [-0.4, -0.2) is 19.3 Å². The average Bonchev–Trinajstić information content (AvgIpc) is 2.19. The van der Waals surface area contributed by atoms with E-state index in [1.165, 1.54) is 10.5 Å². The summed E-state index contributed by atoms with van der Waals surface area (Å²) < 4.78 is 4.62. The van der Waals surface area contributed by atoms with E-state index in [-0.39, 0.29) is 0 Å². The molecule has 3 heteroatoms. The van der Waals surface area contributed by atoms with Crippen molar-refractivity contribution in [2.24, 2.45) is 0 Å². The minimum atomic E-state index is 0.460. The summed E-state index contributed by atoms with van der Waals surface area (Å²) in [6, 6.07) is 8.23. The van der Waals surface area contributed by atoms with E-state index >= 15 is 0 Å². The van der Waals surface area contributed by atoms with Crippen molar-refractivity contribution in [1.29, 1.82) is 0 Å². The number of rotatable bonds is 5. The fourth-order valence-corrected chi connectivity index (χ4v) is 1.54. The predicted octanol–water partition coefficient (Wildman–Crippen LogP) is 2.12. The van der Waals surface area contributed by atoms with E-state index in [2.05, 4.69) is 16.9 Å². The maximum absolute atomic E-state index is 9.89. The first-order valence-electron chi connectivity index (χ1n) is 4.05. The molecule has 0 amide bonds. The number of hydrogen-bond acceptors (Lipinski definition) is 3. The lowest BCUT2D eigenvalue weighted by Gasteiger charge is -2.01. The molecule has 0 heterocycles. The Balaban J connectivity index is 2.50. The minimum absolute atomic E-state index is 0.460. The van der Waals surface area contributed by atoms with Gasteiger partial charge in [-0.25, -0.2) is 0 Å². The highest BCUT2D eigenvalue weighted by Gasteiger charge is 1.94. The van der Waals surface area contributed by atoms with Crippen LogP contribution in [0.4, 0.5) is 0 Å². The van der Waals surface area contributed by atoms with E-state index < -0.39 is 0 Å². The van der Waals surface area contributed by atoms with Crippen molar-refractivity contribution in [3.63, 3.8) is 0 Å². The molecule has 0 unspecified atom stereocenters. The first-order chi connectivity index (χ1) is 6.36. The third-order valence-corrected chi connectivity index (χ3v) is 2.44. The third kappa shape index (κ3) is 3.51. The number of carbonyl (C=O) groups is 1. The lowest BCUT2D eigenvalue weighted by molar-refractivity contribution is -0.128. The second-order valence-corrected chi connectivity index (χ2v) is 3.45. The molecule has 0 aromatic heterocycles. The van der Waals surface area contributed by atoms with Crippen LogP contribution in [0.2, 0.25) is 0 Å². The summed E-state index contributed by atoms with van der Waals surface area (Å²) in [5.74, 6) is 0. The van der Waals surface area contributed by atoms with E-state index in [0.29, 0.717) is 13.1 Å². The fourth-order valence-electron chi connectivity index (χ4n) is 1.05. The quantitative estimate of drug-likeness (QED) is 0.410. The van der Waals surface area contributed by atoms with Crippen LogP contribution in [0, 0.1) is 0 Å². The number of carbonyl (C=O) groups excluding carboxylic acids is 1. The van der Waals surface area contributed by atoms with E-state index in [1.807, 2.05) is 18.4 Å². The largest absolute Gasteiger partial charge is 0.468 e. The van der Waals surface area contributed by atoms with Gasteiger partial charge < -0.3 is 4.74 Å². The van der Waals surface area contributed by atoms with E-state index in [0.717, 1.165) is 6.42 Å². The maximum atomic E-state index is 9.89. The van der Waals surface area contributed by atoms with Gasteiger partial charge in [-0.1, -0.05) is 12.1 Å². The van der Waals surface area contributed by atoms with Crippen LogP contribution < -0.4 is 0 Å².